The van der Waals surface area contributed by atoms with E-state index in [-0.39, 0.29) is 5.91 Å². The summed E-state index contributed by atoms with van der Waals surface area (Å²) in [4.78, 5) is 19.6. The highest BCUT2D eigenvalue weighted by atomic mass is 32.2. The molecule has 0 radical (unpaired) electrons. The molecule has 1 aromatic heterocycles. The Labute approximate surface area is 186 Å². The fourth-order valence-corrected chi connectivity index (χ4v) is 5.16. The molecule has 9 heteroatoms. The standard InChI is InChI=1S/C22H26N4O3S2/c1-15-9-11-26(12-10-15)14-16-3-8-19-20(13-16)30-22(23-19)24-21(27)17-4-6-18(7-5-17)25-31(2,28)29/h3-8,13,15,25H,9-12,14H2,1-2H3,(H,23,24,27). The summed E-state index contributed by atoms with van der Waals surface area (Å²) < 4.78 is 26.0. The molecule has 1 amide bonds. The molecule has 1 fully saturated rings. The average molecular weight is 459 g/mol. The Kier molecular flexibility index (Phi) is 6.27. The Hall–Kier alpha value is -2.49. The topological polar surface area (TPSA) is 91.4 Å². The normalized spacial score (nSPS) is 15.8. The van der Waals surface area contributed by atoms with Gasteiger partial charge in [-0.15, -0.1) is 0 Å². The van der Waals surface area contributed by atoms with Crippen molar-refractivity contribution in [3.8, 4) is 0 Å². The summed E-state index contributed by atoms with van der Waals surface area (Å²) in [6, 6.07) is 12.5. The quantitative estimate of drug-likeness (QED) is 0.579. The van der Waals surface area contributed by atoms with Crippen LogP contribution in [0.4, 0.5) is 10.8 Å². The molecule has 0 unspecified atom stereocenters. The SMILES string of the molecule is CC1CCN(Cc2ccc3nc(NC(=O)c4ccc(NS(C)(=O)=O)cc4)sc3c2)CC1. The highest BCUT2D eigenvalue weighted by Gasteiger charge is 2.16. The minimum Gasteiger partial charge on any atom is -0.299 e. The van der Waals surface area contributed by atoms with E-state index < -0.39 is 10.0 Å². The van der Waals surface area contributed by atoms with Gasteiger partial charge in [0.1, 0.15) is 0 Å². The lowest BCUT2D eigenvalue weighted by atomic mass is 9.99. The molecule has 1 aliphatic heterocycles. The van der Waals surface area contributed by atoms with Gasteiger partial charge >= 0.3 is 0 Å². The molecule has 0 atom stereocenters. The molecule has 0 spiro atoms. The summed E-state index contributed by atoms with van der Waals surface area (Å²) in [5, 5.41) is 3.38. The highest BCUT2D eigenvalue weighted by Crippen LogP contribution is 2.28. The van der Waals surface area contributed by atoms with Crippen LogP contribution >= 0.6 is 11.3 Å². The first-order valence-electron chi connectivity index (χ1n) is 10.3. The van der Waals surface area contributed by atoms with Crippen molar-refractivity contribution in [2.45, 2.75) is 26.3 Å². The number of hydrogen-bond acceptors (Lipinski definition) is 6. The van der Waals surface area contributed by atoms with E-state index in [1.54, 1.807) is 24.3 Å². The van der Waals surface area contributed by atoms with E-state index in [9.17, 15) is 13.2 Å². The molecule has 1 saturated heterocycles. The number of hydrogen-bond donors (Lipinski definition) is 2. The Bertz CT molecular complexity index is 1180. The maximum atomic E-state index is 12.6. The fraction of sp³-hybridized carbons (Fsp3) is 0.364. The van der Waals surface area contributed by atoms with Gasteiger partial charge in [-0.3, -0.25) is 19.7 Å². The fourth-order valence-electron chi connectivity index (χ4n) is 3.67. The zero-order chi connectivity index (χ0) is 22.0. The molecule has 31 heavy (non-hydrogen) atoms. The Morgan fingerprint density at radius 3 is 2.55 bits per heavy atom. The number of rotatable bonds is 6. The summed E-state index contributed by atoms with van der Waals surface area (Å²) in [5.41, 5.74) is 2.97. The summed E-state index contributed by atoms with van der Waals surface area (Å²) in [5.74, 6) is 0.533. The average Bonchev–Trinajstić information content (AvgIpc) is 3.10. The van der Waals surface area contributed by atoms with Crippen LogP contribution in [0.15, 0.2) is 42.5 Å². The van der Waals surface area contributed by atoms with E-state index in [1.165, 1.54) is 29.7 Å². The van der Waals surface area contributed by atoms with Gasteiger partial charge in [-0.05, 0) is 73.8 Å². The van der Waals surface area contributed by atoms with E-state index in [0.717, 1.165) is 42.0 Å². The largest absolute Gasteiger partial charge is 0.299 e. The zero-order valence-electron chi connectivity index (χ0n) is 17.6. The number of sulfonamides is 1. The summed E-state index contributed by atoms with van der Waals surface area (Å²) in [6.45, 7) is 5.54. The molecule has 2 heterocycles. The van der Waals surface area contributed by atoms with E-state index >= 15 is 0 Å². The summed E-state index contributed by atoms with van der Waals surface area (Å²) >= 11 is 1.45. The lowest BCUT2D eigenvalue weighted by Crippen LogP contribution is -2.32. The Morgan fingerprint density at radius 2 is 1.87 bits per heavy atom. The maximum absolute atomic E-state index is 12.6. The predicted molar refractivity (Wildman–Crippen MR) is 126 cm³/mol. The van der Waals surface area contributed by atoms with Crippen molar-refractivity contribution in [2.75, 3.05) is 29.4 Å². The number of piperidine rings is 1. The van der Waals surface area contributed by atoms with E-state index in [2.05, 4.69) is 39.0 Å². The molecule has 3 aromatic rings. The van der Waals surface area contributed by atoms with Crippen LogP contribution in [-0.4, -0.2) is 43.6 Å². The van der Waals surface area contributed by atoms with Crippen molar-refractivity contribution in [2.24, 2.45) is 5.92 Å². The molecular weight excluding hydrogens is 432 g/mol. The van der Waals surface area contributed by atoms with Crippen LogP contribution in [0.1, 0.15) is 35.7 Å². The Morgan fingerprint density at radius 1 is 1.16 bits per heavy atom. The van der Waals surface area contributed by atoms with Crippen molar-refractivity contribution in [3.63, 3.8) is 0 Å². The minimum absolute atomic E-state index is 0.285. The molecule has 164 valence electrons. The van der Waals surface area contributed by atoms with Crippen LogP contribution < -0.4 is 10.0 Å². The number of thiazole rings is 1. The third-order valence-corrected chi connectivity index (χ3v) is 6.95. The van der Waals surface area contributed by atoms with Crippen LogP contribution in [0.25, 0.3) is 10.2 Å². The number of likely N-dealkylation sites (tertiary alicyclic amines) is 1. The number of aromatic nitrogens is 1. The first kappa shape index (κ1) is 21.7. The third kappa shape index (κ3) is 5.81. The number of carbonyl (C=O) groups is 1. The van der Waals surface area contributed by atoms with Gasteiger partial charge in [0, 0.05) is 17.8 Å². The molecule has 1 aliphatic rings. The predicted octanol–water partition coefficient (Wildman–Crippen LogP) is 4.15. The van der Waals surface area contributed by atoms with Gasteiger partial charge in [0.15, 0.2) is 5.13 Å². The number of fused-ring (bicyclic) bond motifs is 1. The summed E-state index contributed by atoms with van der Waals surface area (Å²) in [6.07, 6.45) is 3.59. The smallest absolute Gasteiger partial charge is 0.257 e. The van der Waals surface area contributed by atoms with Crippen molar-refractivity contribution < 1.29 is 13.2 Å². The monoisotopic (exact) mass is 458 g/mol. The van der Waals surface area contributed by atoms with Gasteiger partial charge in [-0.2, -0.15) is 0 Å². The number of nitrogens with zero attached hydrogens (tertiary/aromatic N) is 2. The second-order valence-electron chi connectivity index (χ2n) is 8.19. The van der Waals surface area contributed by atoms with Gasteiger partial charge in [-0.1, -0.05) is 24.3 Å². The van der Waals surface area contributed by atoms with Gasteiger partial charge in [-0.25, -0.2) is 13.4 Å². The van der Waals surface area contributed by atoms with Gasteiger partial charge in [0.05, 0.1) is 16.5 Å². The molecular formula is C22H26N4O3S2. The molecule has 0 aliphatic carbocycles. The second kappa shape index (κ2) is 8.94. The van der Waals surface area contributed by atoms with Gasteiger partial charge < -0.3 is 0 Å². The molecule has 2 N–H and O–H groups in total. The number of anilines is 2. The second-order valence-corrected chi connectivity index (χ2v) is 11.0. The summed E-state index contributed by atoms with van der Waals surface area (Å²) in [7, 11) is -3.35. The van der Waals surface area contributed by atoms with Gasteiger partial charge in [0.25, 0.3) is 5.91 Å². The number of benzene rings is 2. The number of nitrogens with one attached hydrogen (secondary N) is 2. The first-order chi connectivity index (χ1) is 14.7. The molecule has 0 saturated carbocycles. The van der Waals surface area contributed by atoms with Crippen molar-refractivity contribution in [1.82, 2.24) is 9.88 Å². The lowest BCUT2D eigenvalue weighted by molar-refractivity contribution is 0.102. The molecule has 4 rings (SSSR count). The van der Waals surface area contributed by atoms with E-state index in [4.69, 9.17) is 0 Å². The Balaban J connectivity index is 1.42. The maximum Gasteiger partial charge on any atom is 0.257 e. The molecule has 7 nitrogen and oxygen atoms in total. The highest BCUT2D eigenvalue weighted by molar-refractivity contribution is 7.92. The third-order valence-electron chi connectivity index (χ3n) is 5.41. The van der Waals surface area contributed by atoms with Crippen molar-refractivity contribution >= 4 is 48.3 Å². The van der Waals surface area contributed by atoms with E-state index in [0.29, 0.717) is 16.4 Å². The van der Waals surface area contributed by atoms with Crippen molar-refractivity contribution in [1.29, 1.82) is 0 Å². The van der Waals surface area contributed by atoms with E-state index in [1.807, 2.05) is 6.07 Å². The zero-order valence-corrected chi connectivity index (χ0v) is 19.2. The lowest BCUT2D eigenvalue weighted by Gasteiger charge is -2.30. The van der Waals surface area contributed by atoms with Crippen molar-refractivity contribution in [3.05, 3.63) is 53.6 Å². The molecule has 0 bridgehead atoms. The van der Waals surface area contributed by atoms with Crippen LogP contribution in [0, 0.1) is 5.92 Å². The van der Waals surface area contributed by atoms with Crippen LogP contribution in [0.5, 0.6) is 0 Å². The first-order valence-corrected chi connectivity index (χ1v) is 13.0. The minimum atomic E-state index is -3.35. The van der Waals surface area contributed by atoms with Crippen LogP contribution in [-0.2, 0) is 16.6 Å². The van der Waals surface area contributed by atoms with Crippen LogP contribution in [0.3, 0.4) is 0 Å². The van der Waals surface area contributed by atoms with Crippen LogP contribution in [0.2, 0.25) is 0 Å². The molecule has 2 aromatic carbocycles. The van der Waals surface area contributed by atoms with Gasteiger partial charge in [0.2, 0.25) is 10.0 Å². The number of amides is 1. The number of carbonyl (C=O) groups excluding carboxylic acids is 1.